The summed E-state index contributed by atoms with van der Waals surface area (Å²) < 4.78 is 4.90. The molecule has 0 aromatic heterocycles. The molecule has 0 saturated carbocycles. The van der Waals surface area contributed by atoms with Crippen molar-refractivity contribution in [3.05, 3.63) is 35.9 Å². The van der Waals surface area contributed by atoms with E-state index < -0.39 is 12.0 Å². The highest BCUT2D eigenvalue weighted by Gasteiger charge is 2.29. The molecule has 1 aromatic rings. The van der Waals surface area contributed by atoms with Gasteiger partial charge < -0.3 is 9.84 Å². The van der Waals surface area contributed by atoms with Gasteiger partial charge in [0.2, 0.25) is 0 Å². The minimum atomic E-state index is -0.942. The van der Waals surface area contributed by atoms with Crippen LogP contribution in [0, 0.1) is 17.8 Å². The summed E-state index contributed by atoms with van der Waals surface area (Å²) in [5.74, 6) is 4.72. The predicted octanol–water partition coefficient (Wildman–Crippen LogP) is 1.35. The van der Waals surface area contributed by atoms with E-state index in [-0.39, 0.29) is 5.97 Å². The molecule has 3 heteroatoms. The lowest BCUT2D eigenvalue weighted by Gasteiger charge is -2.22. The van der Waals surface area contributed by atoms with Gasteiger partial charge in [0, 0.05) is 5.56 Å². The van der Waals surface area contributed by atoms with Crippen molar-refractivity contribution in [2.24, 2.45) is 5.92 Å². The molecule has 3 nitrogen and oxygen atoms in total. The first-order valence-corrected chi connectivity index (χ1v) is 5.68. The number of hydrogen-bond acceptors (Lipinski definition) is 3. The summed E-state index contributed by atoms with van der Waals surface area (Å²) >= 11 is 0. The number of benzene rings is 1. The SMILES string of the molecule is O=C1OCCC[C@H]1[C@@H](O)C#Cc1ccccc1. The Kier molecular flexibility index (Phi) is 3.79. The minimum absolute atomic E-state index is 0.342. The molecule has 2 atom stereocenters. The number of ether oxygens (including phenoxy) is 1. The number of cyclic esters (lactones) is 1. The number of aliphatic hydroxyl groups excluding tert-OH is 1. The van der Waals surface area contributed by atoms with Gasteiger partial charge in [-0.2, -0.15) is 0 Å². The summed E-state index contributed by atoms with van der Waals surface area (Å²) in [5.41, 5.74) is 0.829. The van der Waals surface area contributed by atoms with E-state index >= 15 is 0 Å². The van der Waals surface area contributed by atoms with Gasteiger partial charge in [0.05, 0.1) is 12.5 Å². The second-order valence-electron chi connectivity index (χ2n) is 4.00. The molecule has 88 valence electrons. The third kappa shape index (κ3) is 3.08. The van der Waals surface area contributed by atoms with Crippen molar-refractivity contribution in [3.63, 3.8) is 0 Å². The Morgan fingerprint density at radius 3 is 2.82 bits per heavy atom. The Labute approximate surface area is 100 Å². The zero-order valence-corrected chi connectivity index (χ0v) is 9.43. The lowest BCUT2D eigenvalue weighted by atomic mass is 9.95. The smallest absolute Gasteiger partial charge is 0.312 e. The van der Waals surface area contributed by atoms with Gasteiger partial charge in [-0.1, -0.05) is 30.0 Å². The second kappa shape index (κ2) is 5.51. The van der Waals surface area contributed by atoms with Crippen molar-refractivity contribution in [2.45, 2.75) is 18.9 Å². The summed E-state index contributed by atoms with van der Waals surface area (Å²) in [6, 6.07) is 9.38. The Bertz CT molecular complexity index is 442. The lowest BCUT2D eigenvalue weighted by molar-refractivity contribution is -0.156. The third-order valence-corrected chi connectivity index (χ3v) is 2.73. The largest absolute Gasteiger partial charge is 0.465 e. The van der Waals surface area contributed by atoms with Crippen LogP contribution in [0.1, 0.15) is 18.4 Å². The van der Waals surface area contributed by atoms with E-state index in [1.165, 1.54) is 0 Å². The molecule has 0 spiro atoms. The second-order valence-corrected chi connectivity index (χ2v) is 4.00. The number of hydrogen-bond donors (Lipinski definition) is 1. The van der Waals surface area contributed by atoms with E-state index in [2.05, 4.69) is 11.8 Å². The Balaban J connectivity index is 2.04. The fourth-order valence-corrected chi connectivity index (χ4v) is 1.77. The lowest BCUT2D eigenvalue weighted by Crippen LogP contribution is -2.32. The van der Waals surface area contributed by atoms with E-state index in [0.29, 0.717) is 13.0 Å². The fraction of sp³-hybridized carbons (Fsp3) is 0.357. The van der Waals surface area contributed by atoms with Crippen molar-refractivity contribution in [3.8, 4) is 11.8 Å². The topological polar surface area (TPSA) is 46.5 Å². The van der Waals surface area contributed by atoms with Crippen LogP contribution in [0.2, 0.25) is 0 Å². The molecule has 0 amide bonds. The van der Waals surface area contributed by atoms with Gasteiger partial charge in [0.25, 0.3) is 0 Å². The Morgan fingerprint density at radius 2 is 2.12 bits per heavy atom. The number of aliphatic hydroxyl groups is 1. The third-order valence-electron chi connectivity index (χ3n) is 2.73. The van der Waals surface area contributed by atoms with Crippen LogP contribution in [-0.4, -0.2) is 23.8 Å². The van der Waals surface area contributed by atoms with E-state index in [9.17, 15) is 9.90 Å². The van der Waals surface area contributed by atoms with Crippen LogP contribution in [0.4, 0.5) is 0 Å². The summed E-state index contributed by atoms with van der Waals surface area (Å²) in [5, 5.41) is 9.83. The quantitative estimate of drug-likeness (QED) is 0.585. The number of esters is 1. The van der Waals surface area contributed by atoms with Gasteiger partial charge in [-0.25, -0.2) is 0 Å². The van der Waals surface area contributed by atoms with E-state index in [4.69, 9.17) is 4.74 Å². The average molecular weight is 230 g/mol. The number of carbonyl (C=O) groups is 1. The van der Waals surface area contributed by atoms with Gasteiger partial charge in [0.15, 0.2) is 0 Å². The van der Waals surface area contributed by atoms with Gasteiger partial charge >= 0.3 is 5.97 Å². The normalized spacial score (nSPS) is 21.0. The maximum absolute atomic E-state index is 11.4. The van der Waals surface area contributed by atoms with Crippen LogP contribution >= 0.6 is 0 Å². The molecule has 1 aliphatic rings. The van der Waals surface area contributed by atoms with E-state index in [0.717, 1.165) is 12.0 Å². The Hall–Kier alpha value is -1.79. The highest BCUT2D eigenvalue weighted by atomic mass is 16.5. The molecule has 1 heterocycles. The highest BCUT2D eigenvalue weighted by Crippen LogP contribution is 2.18. The zero-order valence-electron chi connectivity index (χ0n) is 9.43. The molecule has 1 saturated heterocycles. The molecule has 1 aromatic carbocycles. The van der Waals surface area contributed by atoms with Crippen molar-refractivity contribution in [2.75, 3.05) is 6.61 Å². The molecule has 1 N–H and O–H groups in total. The van der Waals surface area contributed by atoms with Crippen LogP contribution in [0.5, 0.6) is 0 Å². The Morgan fingerprint density at radius 1 is 1.35 bits per heavy atom. The van der Waals surface area contributed by atoms with Gasteiger partial charge in [-0.15, -0.1) is 0 Å². The first-order valence-electron chi connectivity index (χ1n) is 5.68. The van der Waals surface area contributed by atoms with E-state index in [1.54, 1.807) is 0 Å². The van der Waals surface area contributed by atoms with Crippen LogP contribution in [0.25, 0.3) is 0 Å². The molecule has 0 bridgehead atoms. The molecule has 17 heavy (non-hydrogen) atoms. The summed E-state index contributed by atoms with van der Waals surface area (Å²) in [6.07, 6.45) is 0.493. The van der Waals surface area contributed by atoms with Crippen LogP contribution in [0.3, 0.4) is 0 Å². The molecular weight excluding hydrogens is 216 g/mol. The van der Waals surface area contributed by atoms with Gasteiger partial charge in [-0.05, 0) is 25.0 Å². The number of carbonyl (C=O) groups excluding carboxylic acids is 1. The summed E-state index contributed by atoms with van der Waals surface area (Å²) in [7, 11) is 0. The van der Waals surface area contributed by atoms with Crippen molar-refractivity contribution in [1.82, 2.24) is 0 Å². The molecule has 1 aliphatic heterocycles. The van der Waals surface area contributed by atoms with Gasteiger partial charge in [0.1, 0.15) is 6.10 Å². The summed E-state index contributed by atoms with van der Waals surface area (Å²) in [6.45, 7) is 0.453. The predicted molar refractivity (Wildman–Crippen MR) is 63.0 cm³/mol. The maximum atomic E-state index is 11.4. The highest BCUT2D eigenvalue weighted by molar-refractivity contribution is 5.74. The molecular formula is C14H14O3. The molecule has 0 radical (unpaired) electrons. The van der Waals surface area contributed by atoms with Crippen molar-refractivity contribution in [1.29, 1.82) is 0 Å². The van der Waals surface area contributed by atoms with Crippen LogP contribution in [0.15, 0.2) is 30.3 Å². The van der Waals surface area contributed by atoms with Gasteiger partial charge in [-0.3, -0.25) is 4.79 Å². The molecule has 1 fully saturated rings. The average Bonchev–Trinajstić information content (AvgIpc) is 2.38. The fourth-order valence-electron chi connectivity index (χ4n) is 1.77. The molecule has 2 rings (SSSR count). The first kappa shape index (κ1) is 11.7. The van der Waals surface area contributed by atoms with E-state index in [1.807, 2.05) is 30.3 Å². The minimum Gasteiger partial charge on any atom is -0.465 e. The molecule has 0 unspecified atom stereocenters. The van der Waals surface area contributed by atoms with Crippen LogP contribution in [-0.2, 0) is 9.53 Å². The maximum Gasteiger partial charge on any atom is 0.312 e. The van der Waals surface area contributed by atoms with Crippen molar-refractivity contribution >= 4 is 5.97 Å². The number of rotatable bonds is 1. The molecule has 0 aliphatic carbocycles. The van der Waals surface area contributed by atoms with Crippen LogP contribution < -0.4 is 0 Å². The summed E-state index contributed by atoms with van der Waals surface area (Å²) in [4.78, 5) is 11.4. The zero-order chi connectivity index (χ0) is 12.1. The van der Waals surface area contributed by atoms with Crippen molar-refractivity contribution < 1.29 is 14.6 Å². The standard InChI is InChI=1S/C14H14O3/c15-13(12-7-4-10-17-14(12)16)9-8-11-5-2-1-3-6-11/h1-3,5-6,12-13,15H,4,7,10H2/t12-,13-/m0/s1. The first-order chi connectivity index (χ1) is 8.27. The monoisotopic (exact) mass is 230 g/mol.